The fourth-order valence-electron chi connectivity index (χ4n) is 2.51. The highest BCUT2D eigenvalue weighted by atomic mass is 19.3. The van der Waals surface area contributed by atoms with Crippen LogP contribution in [-0.4, -0.2) is 13.6 Å². The van der Waals surface area contributed by atoms with Gasteiger partial charge < -0.3 is 10.6 Å². The second-order valence-electron chi connectivity index (χ2n) is 5.12. The SMILES string of the molecule is Cc1ccccc1N(C)C(CN)c1ccc(C(F)F)cc1. The number of anilines is 1. The van der Waals surface area contributed by atoms with Crippen LogP contribution in [0.5, 0.6) is 0 Å². The standard InChI is InChI=1S/C17H20F2N2/c1-12-5-3-4-6-15(12)21(2)16(11-20)13-7-9-14(10-8-13)17(18)19/h3-10,16-17H,11,20H2,1-2H3. The van der Waals surface area contributed by atoms with Crippen LogP contribution in [-0.2, 0) is 0 Å². The van der Waals surface area contributed by atoms with Crippen molar-refractivity contribution >= 4 is 5.69 Å². The van der Waals surface area contributed by atoms with Crippen LogP contribution in [0.4, 0.5) is 14.5 Å². The zero-order chi connectivity index (χ0) is 15.4. The Bertz CT molecular complexity index is 582. The zero-order valence-corrected chi connectivity index (χ0v) is 12.3. The number of hydrogen-bond donors (Lipinski definition) is 1. The summed E-state index contributed by atoms with van der Waals surface area (Å²) in [7, 11) is 1.97. The summed E-state index contributed by atoms with van der Waals surface area (Å²) in [5.74, 6) is 0. The molecule has 1 unspecified atom stereocenters. The van der Waals surface area contributed by atoms with Crippen LogP contribution in [0.1, 0.15) is 29.2 Å². The molecule has 0 aliphatic rings. The highest BCUT2D eigenvalue weighted by molar-refractivity contribution is 5.54. The second kappa shape index (κ2) is 6.68. The highest BCUT2D eigenvalue weighted by Crippen LogP contribution is 2.28. The summed E-state index contributed by atoms with van der Waals surface area (Å²) in [6.07, 6.45) is -2.44. The van der Waals surface area contributed by atoms with Gasteiger partial charge in [0.25, 0.3) is 6.43 Å². The van der Waals surface area contributed by atoms with E-state index in [0.29, 0.717) is 6.54 Å². The molecular formula is C17H20F2N2. The number of benzene rings is 2. The van der Waals surface area contributed by atoms with Gasteiger partial charge in [0.05, 0.1) is 6.04 Å². The molecule has 2 N–H and O–H groups in total. The molecule has 0 fully saturated rings. The molecule has 0 saturated carbocycles. The van der Waals surface area contributed by atoms with Crippen LogP contribution in [0.2, 0.25) is 0 Å². The molecule has 21 heavy (non-hydrogen) atoms. The molecule has 4 heteroatoms. The summed E-state index contributed by atoms with van der Waals surface area (Å²) in [5.41, 5.74) is 9.12. The fourth-order valence-corrected chi connectivity index (χ4v) is 2.51. The van der Waals surface area contributed by atoms with E-state index in [9.17, 15) is 8.78 Å². The maximum atomic E-state index is 12.6. The third-order valence-electron chi connectivity index (χ3n) is 3.76. The van der Waals surface area contributed by atoms with E-state index in [-0.39, 0.29) is 11.6 Å². The van der Waals surface area contributed by atoms with E-state index in [1.165, 1.54) is 12.1 Å². The number of halogens is 2. The molecule has 2 rings (SSSR count). The van der Waals surface area contributed by atoms with Crippen molar-refractivity contribution in [1.82, 2.24) is 0 Å². The van der Waals surface area contributed by atoms with E-state index in [4.69, 9.17) is 5.73 Å². The lowest BCUT2D eigenvalue weighted by Crippen LogP contribution is -2.30. The molecule has 0 bridgehead atoms. The summed E-state index contributed by atoms with van der Waals surface area (Å²) in [6.45, 7) is 2.46. The molecule has 0 saturated heterocycles. The molecule has 1 atom stereocenters. The molecule has 0 aromatic heterocycles. The number of alkyl halides is 2. The van der Waals surface area contributed by atoms with Crippen molar-refractivity contribution in [3.63, 3.8) is 0 Å². The van der Waals surface area contributed by atoms with E-state index in [2.05, 4.69) is 4.90 Å². The Labute approximate surface area is 124 Å². The third kappa shape index (κ3) is 3.39. The van der Waals surface area contributed by atoms with Crippen molar-refractivity contribution in [2.45, 2.75) is 19.4 Å². The van der Waals surface area contributed by atoms with Gasteiger partial charge in [-0.3, -0.25) is 0 Å². The van der Waals surface area contributed by atoms with Crippen LogP contribution >= 0.6 is 0 Å². The second-order valence-corrected chi connectivity index (χ2v) is 5.12. The minimum atomic E-state index is -2.44. The van der Waals surface area contributed by atoms with Crippen LogP contribution in [0, 0.1) is 6.92 Å². The quantitative estimate of drug-likeness (QED) is 0.899. The summed E-state index contributed by atoms with van der Waals surface area (Å²) in [5, 5.41) is 0. The van der Waals surface area contributed by atoms with Gasteiger partial charge in [-0.2, -0.15) is 0 Å². The number of aryl methyl sites for hydroxylation is 1. The minimum Gasteiger partial charge on any atom is -0.366 e. The van der Waals surface area contributed by atoms with E-state index >= 15 is 0 Å². The molecule has 0 spiro atoms. The van der Waals surface area contributed by atoms with E-state index < -0.39 is 6.43 Å². The van der Waals surface area contributed by atoms with Gasteiger partial charge in [0.15, 0.2) is 0 Å². The highest BCUT2D eigenvalue weighted by Gasteiger charge is 2.18. The number of rotatable bonds is 5. The average molecular weight is 290 g/mol. The molecule has 112 valence electrons. The first-order valence-electron chi connectivity index (χ1n) is 6.91. The minimum absolute atomic E-state index is 0.0352. The lowest BCUT2D eigenvalue weighted by molar-refractivity contribution is 0.151. The summed E-state index contributed by atoms with van der Waals surface area (Å²) in [4.78, 5) is 2.09. The van der Waals surface area contributed by atoms with Crippen LogP contribution in [0.15, 0.2) is 48.5 Å². The van der Waals surface area contributed by atoms with Crippen LogP contribution in [0.3, 0.4) is 0 Å². The monoisotopic (exact) mass is 290 g/mol. The maximum absolute atomic E-state index is 12.6. The maximum Gasteiger partial charge on any atom is 0.263 e. The summed E-state index contributed by atoms with van der Waals surface area (Å²) < 4.78 is 25.2. The van der Waals surface area contributed by atoms with E-state index in [0.717, 1.165) is 16.8 Å². The van der Waals surface area contributed by atoms with Gasteiger partial charge in [-0.15, -0.1) is 0 Å². The topological polar surface area (TPSA) is 29.3 Å². The van der Waals surface area contributed by atoms with Gasteiger partial charge in [0.2, 0.25) is 0 Å². The van der Waals surface area contributed by atoms with Crippen molar-refractivity contribution in [2.24, 2.45) is 5.73 Å². The number of likely N-dealkylation sites (N-methyl/N-ethyl adjacent to an activating group) is 1. The molecule has 0 aliphatic carbocycles. The zero-order valence-electron chi connectivity index (χ0n) is 12.3. The number of para-hydroxylation sites is 1. The summed E-state index contributed by atoms with van der Waals surface area (Å²) in [6, 6.07) is 14.4. The van der Waals surface area contributed by atoms with Gasteiger partial charge in [-0.25, -0.2) is 8.78 Å². The predicted molar refractivity (Wildman–Crippen MR) is 82.8 cm³/mol. The Kier molecular flexibility index (Phi) is 4.91. The van der Waals surface area contributed by atoms with Crippen molar-refractivity contribution in [3.8, 4) is 0 Å². The van der Waals surface area contributed by atoms with Crippen molar-refractivity contribution in [1.29, 1.82) is 0 Å². The van der Waals surface area contributed by atoms with Gasteiger partial charge in [0, 0.05) is 24.8 Å². The average Bonchev–Trinajstić information content (AvgIpc) is 2.49. The van der Waals surface area contributed by atoms with Crippen molar-refractivity contribution in [3.05, 3.63) is 65.2 Å². The fraction of sp³-hybridized carbons (Fsp3) is 0.294. The number of nitrogens with two attached hydrogens (primary N) is 1. The lowest BCUT2D eigenvalue weighted by atomic mass is 10.0. The summed E-state index contributed by atoms with van der Waals surface area (Å²) >= 11 is 0. The Hall–Kier alpha value is -1.94. The first kappa shape index (κ1) is 15.4. The molecule has 2 aromatic carbocycles. The molecule has 0 radical (unpaired) electrons. The van der Waals surface area contributed by atoms with Gasteiger partial charge >= 0.3 is 0 Å². The van der Waals surface area contributed by atoms with Crippen molar-refractivity contribution < 1.29 is 8.78 Å². The Morgan fingerprint density at radius 2 is 1.57 bits per heavy atom. The molecule has 2 nitrogen and oxygen atoms in total. The first-order valence-corrected chi connectivity index (χ1v) is 6.91. The third-order valence-corrected chi connectivity index (χ3v) is 3.76. The molecule has 2 aromatic rings. The number of hydrogen-bond acceptors (Lipinski definition) is 2. The van der Waals surface area contributed by atoms with Crippen LogP contribution < -0.4 is 10.6 Å². The van der Waals surface area contributed by atoms with Gasteiger partial charge in [-0.05, 0) is 24.1 Å². The lowest BCUT2D eigenvalue weighted by Gasteiger charge is -2.31. The molecule has 0 heterocycles. The predicted octanol–water partition coefficient (Wildman–Crippen LogP) is 4.07. The van der Waals surface area contributed by atoms with Gasteiger partial charge in [-0.1, -0.05) is 42.5 Å². The molecular weight excluding hydrogens is 270 g/mol. The van der Waals surface area contributed by atoms with Crippen LogP contribution in [0.25, 0.3) is 0 Å². The largest absolute Gasteiger partial charge is 0.366 e. The van der Waals surface area contributed by atoms with Crippen molar-refractivity contribution in [2.75, 3.05) is 18.5 Å². The Morgan fingerprint density at radius 3 is 2.10 bits per heavy atom. The normalized spacial score (nSPS) is 12.5. The van der Waals surface area contributed by atoms with E-state index in [1.807, 2.05) is 38.2 Å². The molecule has 0 amide bonds. The molecule has 0 aliphatic heterocycles. The van der Waals surface area contributed by atoms with Gasteiger partial charge in [0.1, 0.15) is 0 Å². The first-order chi connectivity index (χ1) is 10.0. The number of nitrogens with zero attached hydrogens (tertiary/aromatic N) is 1. The Balaban J connectivity index is 2.29. The Morgan fingerprint density at radius 1 is 1.00 bits per heavy atom. The smallest absolute Gasteiger partial charge is 0.263 e. The van der Waals surface area contributed by atoms with E-state index in [1.54, 1.807) is 12.1 Å².